The molecule has 2 heterocycles. The number of halogens is 1. The SMILES string of the molecule is COc1ccc(CCC(=O)Nc2nc(-c3cccnc3)cs2)cc1F. The Kier molecular flexibility index (Phi) is 5.35. The number of benzene rings is 1. The summed E-state index contributed by atoms with van der Waals surface area (Å²) >= 11 is 1.35. The number of pyridine rings is 1. The molecule has 0 fully saturated rings. The standard InChI is InChI=1S/C18H16FN3O2S/c1-24-16-6-4-12(9-14(16)19)5-7-17(23)22-18-21-15(11-25-18)13-3-2-8-20-10-13/h2-4,6,8-11H,5,7H2,1H3,(H,21,22,23). The summed E-state index contributed by atoms with van der Waals surface area (Å²) < 4.78 is 18.5. The number of hydrogen-bond donors (Lipinski definition) is 1. The average Bonchev–Trinajstić information content (AvgIpc) is 3.09. The molecule has 1 aromatic carbocycles. The summed E-state index contributed by atoms with van der Waals surface area (Å²) in [5, 5.41) is 5.17. The highest BCUT2D eigenvalue weighted by molar-refractivity contribution is 7.14. The minimum absolute atomic E-state index is 0.164. The fourth-order valence-corrected chi connectivity index (χ4v) is 3.02. The van der Waals surface area contributed by atoms with Crippen molar-refractivity contribution in [1.82, 2.24) is 9.97 Å². The summed E-state index contributed by atoms with van der Waals surface area (Å²) in [5.41, 5.74) is 2.40. The highest BCUT2D eigenvalue weighted by Crippen LogP contribution is 2.24. The summed E-state index contributed by atoms with van der Waals surface area (Å²) in [4.78, 5) is 20.5. The molecule has 0 bridgehead atoms. The van der Waals surface area contributed by atoms with Crippen LogP contribution in [-0.2, 0) is 11.2 Å². The third-order valence-corrected chi connectivity index (χ3v) is 4.32. The first-order valence-corrected chi connectivity index (χ1v) is 8.52. The Labute approximate surface area is 148 Å². The molecule has 0 atom stereocenters. The number of anilines is 1. The van der Waals surface area contributed by atoms with Gasteiger partial charge in [0.2, 0.25) is 5.91 Å². The van der Waals surface area contributed by atoms with Crippen LogP contribution in [0.1, 0.15) is 12.0 Å². The number of aromatic nitrogens is 2. The van der Waals surface area contributed by atoms with Crippen LogP contribution >= 0.6 is 11.3 Å². The van der Waals surface area contributed by atoms with Crippen molar-refractivity contribution in [2.45, 2.75) is 12.8 Å². The van der Waals surface area contributed by atoms with Crippen molar-refractivity contribution >= 4 is 22.4 Å². The van der Waals surface area contributed by atoms with E-state index in [1.807, 2.05) is 17.5 Å². The fourth-order valence-electron chi connectivity index (χ4n) is 2.28. The molecule has 3 aromatic rings. The Balaban J connectivity index is 1.56. The molecule has 128 valence electrons. The molecule has 3 rings (SSSR count). The molecule has 25 heavy (non-hydrogen) atoms. The van der Waals surface area contributed by atoms with Gasteiger partial charge in [-0.3, -0.25) is 9.78 Å². The van der Waals surface area contributed by atoms with Gasteiger partial charge in [0.05, 0.1) is 12.8 Å². The monoisotopic (exact) mass is 357 g/mol. The molecular formula is C18H16FN3O2S. The number of carbonyl (C=O) groups excluding carboxylic acids is 1. The maximum absolute atomic E-state index is 13.6. The van der Waals surface area contributed by atoms with E-state index in [0.29, 0.717) is 11.6 Å². The zero-order chi connectivity index (χ0) is 17.6. The largest absolute Gasteiger partial charge is 0.494 e. The molecule has 1 amide bonds. The van der Waals surface area contributed by atoms with Crippen LogP contribution in [0.5, 0.6) is 5.75 Å². The lowest BCUT2D eigenvalue weighted by Gasteiger charge is -2.05. The van der Waals surface area contributed by atoms with E-state index in [9.17, 15) is 9.18 Å². The second kappa shape index (κ2) is 7.85. The Morgan fingerprint density at radius 1 is 1.36 bits per heavy atom. The van der Waals surface area contributed by atoms with Gasteiger partial charge in [-0.15, -0.1) is 11.3 Å². The van der Waals surface area contributed by atoms with Gasteiger partial charge in [-0.2, -0.15) is 0 Å². The van der Waals surface area contributed by atoms with Crippen molar-refractivity contribution in [3.63, 3.8) is 0 Å². The van der Waals surface area contributed by atoms with Gasteiger partial charge in [-0.05, 0) is 36.2 Å². The molecule has 0 aliphatic heterocycles. The molecule has 2 aromatic heterocycles. The second-order valence-electron chi connectivity index (χ2n) is 5.30. The number of nitrogens with one attached hydrogen (secondary N) is 1. The average molecular weight is 357 g/mol. The molecule has 1 N–H and O–H groups in total. The molecule has 5 nitrogen and oxygen atoms in total. The van der Waals surface area contributed by atoms with Crippen LogP contribution in [0.15, 0.2) is 48.1 Å². The lowest BCUT2D eigenvalue weighted by Crippen LogP contribution is -2.12. The Bertz CT molecular complexity index is 868. The summed E-state index contributed by atoms with van der Waals surface area (Å²) in [6.45, 7) is 0. The van der Waals surface area contributed by atoms with E-state index in [2.05, 4.69) is 15.3 Å². The first kappa shape index (κ1) is 17.0. The van der Waals surface area contributed by atoms with E-state index < -0.39 is 5.82 Å². The number of rotatable bonds is 6. The summed E-state index contributed by atoms with van der Waals surface area (Å²) in [7, 11) is 1.42. The lowest BCUT2D eigenvalue weighted by molar-refractivity contribution is -0.116. The third kappa shape index (κ3) is 4.39. The van der Waals surface area contributed by atoms with Crippen molar-refractivity contribution in [2.75, 3.05) is 12.4 Å². The molecule has 0 saturated heterocycles. The minimum Gasteiger partial charge on any atom is -0.494 e. The zero-order valence-electron chi connectivity index (χ0n) is 13.5. The van der Waals surface area contributed by atoms with Gasteiger partial charge in [0.1, 0.15) is 0 Å². The summed E-state index contributed by atoms with van der Waals surface area (Å²) in [6, 6.07) is 8.44. The van der Waals surface area contributed by atoms with Gasteiger partial charge in [0.15, 0.2) is 16.7 Å². The molecule has 0 aliphatic rings. The molecule has 0 radical (unpaired) electrons. The van der Waals surface area contributed by atoms with Crippen LogP contribution in [0.2, 0.25) is 0 Å². The van der Waals surface area contributed by atoms with Crippen LogP contribution in [0.3, 0.4) is 0 Å². The van der Waals surface area contributed by atoms with Gasteiger partial charge >= 0.3 is 0 Å². The predicted octanol–water partition coefficient (Wildman–Crippen LogP) is 3.92. The van der Waals surface area contributed by atoms with Crippen LogP contribution < -0.4 is 10.1 Å². The van der Waals surface area contributed by atoms with Crippen molar-refractivity contribution in [3.05, 3.63) is 59.5 Å². The molecule has 0 aliphatic carbocycles. The van der Waals surface area contributed by atoms with E-state index in [-0.39, 0.29) is 18.1 Å². The van der Waals surface area contributed by atoms with Gasteiger partial charge in [-0.1, -0.05) is 6.07 Å². The highest BCUT2D eigenvalue weighted by Gasteiger charge is 2.09. The van der Waals surface area contributed by atoms with Crippen LogP contribution in [0.25, 0.3) is 11.3 Å². The number of ether oxygens (including phenoxy) is 1. The summed E-state index contributed by atoms with van der Waals surface area (Å²) in [6.07, 6.45) is 4.10. The number of methoxy groups -OCH3 is 1. The van der Waals surface area contributed by atoms with Crippen molar-refractivity contribution < 1.29 is 13.9 Å². The number of carbonyl (C=O) groups is 1. The van der Waals surface area contributed by atoms with Gasteiger partial charge in [0.25, 0.3) is 0 Å². The topological polar surface area (TPSA) is 64.1 Å². The second-order valence-corrected chi connectivity index (χ2v) is 6.15. The van der Waals surface area contributed by atoms with E-state index in [4.69, 9.17) is 4.74 Å². The minimum atomic E-state index is -0.429. The van der Waals surface area contributed by atoms with E-state index in [1.54, 1.807) is 24.5 Å². The van der Waals surface area contributed by atoms with E-state index in [1.165, 1.54) is 24.5 Å². The molecular weight excluding hydrogens is 341 g/mol. The fraction of sp³-hybridized carbons (Fsp3) is 0.167. The van der Waals surface area contributed by atoms with Gasteiger partial charge in [0, 0.05) is 29.8 Å². The van der Waals surface area contributed by atoms with Crippen LogP contribution in [-0.4, -0.2) is 23.0 Å². The number of nitrogens with zero attached hydrogens (tertiary/aromatic N) is 2. The van der Waals surface area contributed by atoms with Gasteiger partial charge < -0.3 is 10.1 Å². The number of amides is 1. The first-order valence-electron chi connectivity index (χ1n) is 7.64. The van der Waals surface area contributed by atoms with E-state index >= 15 is 0 Å². The number of hydrogen-bond acceptors (Lipinski definition) is 5. The quantitative estimate of drug-likeness (QED) is 0.726. The lowest BCUT2D eigenvalue weighted by atomic mass is 10.1. The molecule has 0 unspecified atom stereocenters. The zero-order valence-corrected chi connectivity index (χ0v) is 14.3. The Morgan fingerprint density at radius 3 is 2.96 bits per heavy atom. The maximum Gasteiger partial charge on any atom is 0.226 e. The third-order valence-electron chi connectivity index (χ3n) is 3.56. The Morgan fingerprint density at radius 2 is 2.24 bits per heavy atom. The molecule has 0 spiro atoms. The van der Waals surface area contributed by atoms with Crippen molar-refractivity contribution in [3.8, 4) is 17.0 Å². The predicted molar refractivity (Wildman–Crippen MR) is 95.2 cm³/mol. The molecule has 0 saturated carbocycles. The number of aryl methyl sites for hydroxylation is 1. The summed E-state index contributed by atoms with van der Waals surface area (Å²) in [5.74, 6) is -0.399. The maximum atomic E-state index is 13.6. The molecule has 7 heteroatoms. The highest BCUT2D eigenvalue weighted by atomic mass is 32.1. The Hall–Kier alpha value is -2.80. The van der Waals surface area contributed by atoms with Crippen molar-refractivity contribution in [1.29, 1.82) is 0 Å². The van der Waals surface area contributed by atoms with Crippen LogP contribution in [0.4, 0.5) is 9.52 Å². The van der Waals surface area contributed by atoms with Gasteiger partial charge in [-0.25, -0.2) is 9.37 Å². The van der Waals surface area contributed by atoms with E-state index in [0.717, 1.165) is 16.8 Å². The normalized spacial score (nSPS) is 10.5. The van der Waals surface area contributed by atoms with Crippen LogP contribution in [0, 0.1) is 5.82 Å². The number of thiazole rings is 1. The first-order chi connectivity index (χ1) is 12.2. The van der Waals surface area contributed by atoms with Crippen molar-refractivity contribution in [2.24, 2.45) is 0 Å². The smallest absolute Gasteiger partial charge is 0.226 e.